The van der Waals surface area contributed by atoms with Crippen molar-refractivity contribution in [2.75, 3.05) is 57.8 Å². The minimum Gasteiger partial charge on any atom is -0.354 e. The third-order valence-electron chi connectivity index (χ3n) is 5.26. The molecule has 2 aliphatic rings. The molecule has 0 unspecified atom stereocenters. The number of aromatic nitrogens is 2. The van der Waals surface area contributed by atoms with Crippen LogP contribution < -0.4 is 9.62 Å². The first-order chi connectivity index (χ1) is 12.9. The second kappa shape index (κ2) is 8.81. The number of rotatable bonds is 9. The second-order valence-electron chi connectivity index (χ2n) is 7.37. The molecular weight excluding hydrogens is 364 g/mol. The van der Waals surface area contributed by atoms with Gasteiger partial charge in [0.25, 0.3) is 10.2 Å². The summed E-state index contributed by atoms with van der Waals surface area (Å²) in [5.41, 5.74) is 0.920. The number of nitrogens with zero attached hydrogens (tertiary/aromatic N) is 5. The van der Waals surface area contributed by atoms with Gasteiger partial charge in [-0.1, -0.05) is 13.8 Å². The van der Waals surface area contributed by atoms with Crippen LogP contribution in [0.1, 0.15) is 44.1 Å². The molecule has 152 valence electrons. The van der Waals surface area contributed by atoms with E-state index in [0.29, 0.717) is 32.0 Å². The average molecular weight is 397 g/mol. The summed E-state index contributed by atoms with van der Waals surface area (Å²) in [7, 11) is -1.28. The van der Waals surface area contributed by atoms with E-state index < -0.39 is 10.2 Å². The molecule has 0 amide bonds. The van der Waals surface area contributed by atoms with Gasteiger partial charge < -0.3 is 9.80 Å². The van der Waals surface area contributed by atoms with Gasteiger partial charge in [-0.2, -0.15) is 12.7 Å². The Morgan fingerprint density at radius 1 is 1.15 bits per heavy atom. The molecule has 3 rings (SSSR count). The highest BCUT2D eigenvalue weighted by Gasteiger charge is 2.28. The minimum atomic E-state index is -3.42. The number of hydrogen-bond acceptors (Lipinski definition) is 6. The van der Waals surface area contributed by atoms with Crippen molar-refractivity contribution < 1.29 is 8.42 Å². The van der Waals surface area contributed by atoms with Crippen molar-refractivity contribution in [3.8, 4) is 0 Å². The van der Waals surface area contributed by atoms with E-state index in [1.807, 2.05) is 19.9 Å². The van der Waals surface area contributed by atoms with E-state index in [0.717, 1.165) is 56.4 Å². The first-order valence-corrected chi connectivity index (χ1v) is 11.4. The quantitative estimate of drug-likeness (QED) is 0.666. The Hall–Kier alpha value is -1.29. The molecule has 0 atom stereocenters. The van der Waals surface area contributed by atoms with E-state index in [-0.39, 0.29) is 0 Å². The summed E-state index contributed by atoms with van der Waals surface area (Å²) < 4.78 is 28.7. The molecule has 2 fully saturated rings. The van der Waals surface area contributed by atoms with E-state index in [9.17, 15) is 8.42 Å². The van der Waals surface area contributed by atoms with Crippen LogP contribution in [-0.2, 0) is 16.6 Å². The van der Waals surface area contributed by atoms with Crippen LogP contribution in [-0.4, -0.2) is 80.5 Å². The molecule has 0 aromatic carbocycles. The molecule has 27 heavy (non-hydrogen) atoms. The van der Waals surface area contributed by atoms with Gasteiger partial charge in [0.05, 0.1) is 0 Å². The summed E-state index contributed by atoms with van der Waals surface area (Å²) in [4.78, 5) is 14.2. The predicted octanol–water partition coefficient (Wildman–Crippen LogP) is 0.825. The predicted molar refractivity (Wildman–Crippen MR) is 107 cm³/mol. The third-order valence-corrected chi connectivity index (χ3v) is 7.03. The molecule has 0 radical (unpaired) electrons. The van der Waals surface area contributed by atoms with Crippen molar-refractivity contribution in [2.45, 2.75) is 39.0 Å². The fourth-order valence-electron chi connectivity index (χ4n) is 3.32. The van der Waals surface area contributed by atoms with E-state index >= 15 is 0 Å². The number of likely N-dealkylation sites (N-methyl/N-ethyl adjacent to an activating group) is 1. The molecule has 1 saturated heterocycles. The number of piperazine rings is 1. The molecule has 9 heteroatoms. The van der Waals surface area contributed by atoms with Crippen LogP contribution in [0.15, 0.2) is 6.07 Å². The first-order valence-electron chi connectivity index (χ1n) is 9.99. The SMILES string of the molecule is CCN(CC)S(=O)(=O)NCCc1cc(N2CCN(C)CC2)nc(C2CC2)n1. The van der Waals surface area contributed by atoms with Gasteiger partial charge in [-0.3, -0.25) is 0 Å². The molecule has 0 bridgehead atoms. The smallest absolute Gasteiger partial charge is 0.279 e. The maximum atomic E-state index is 12.3. The molecule has 0 spiro atoms. The summed E-state index contributed by atoms with van der Waals surface area (Å²) in [5.74, 6) is 2.39. The third kappa shape index (κ3) is 5.37. The van der Waals surface area contributed by atoms with Gasteiger partial charge in [-0.05, 0) is 19.9 Å². The average Bonchev–Trinajstić information content (AvgIpc) is 3.48. The Morgan fingerprint density at radius 2 is 1.81 bits per heavy atom. The Labute approximate surface area is 163 Å². The molecule has 1 aliphatic carbocycles. The van der Waals surface area contributed by atoms with Crippen LogP contribution in [0.2, 0.25) is 0 Å². The summed E-state index contributed by atoms with van der Waals surface area (Å²) in [6.45, 7) is 8.97. The second-order valence-corrected chi connectivity index (χ2v) is 9.13. The zero-order valence-electron chi connectivity index (χ0n) is 16.7. The summed E-state index contributed by atoms with van der Waals surface area (Å²) in [5, 5.41) is 0. The van der Waals surface area contributed by atoms with E-state index in [2.05, 4.69) is 21.6 Å². The molecule has 1 saturated carbocycles. The molecule has 1 aromatic rings. The lowest BCUT2D eigenvalue weighted by atomic mass is 10.2. The highest BCUT2D eigenvalue weighted by molar-refractivity contribution is 7.87. The minimum absolute atomic E-state index is 0.349. The summed E-state index contributed by atoms with van der Waals surface area (Å²) in [6, 6.07) is 2.03. The van der Waals surface area contributed by atoms with Crippen molar-refractivity contribution in [1.82, 2.24) is 23.9 Å². The molecule has 8 nitrogen and oxygen atoms in total. The van der Waals surface area contributed by atoms with Crippen LogP contribution in [0.5, 0.6) is 0 Å². The fraction of sp³-hybridized carbons (Fsp3) is 0.778. The first kappa shape index (κ1) is 20.4. The van der Waals surface area contributed by atoms with Gasteiger partial charge in [0.1, 0.15) is 11.6 Å². The Kier molecular flexibility index (Phi) is 6.67. The maximum absolute atomic E-state index is 12.3. The van der Waals surface area contributed by atoms with E-state index in [1.54, 1.807) is 0 Å². The van der Waals surface area contributed by atoms with E-state index in [1.165, 1.54) is 4.31 Å². The molecule has 1 aliphatic heterocycles. The Morgan fingerprint density at radius 3 is 2.41 bits per heavy atom. The zero-order chi connectivity index (χ0) is 19.4. The lowest BCUT2D eigenvalue weighted by Gasteiger charge is -2.33. The van der Waals surface area contributed by atoms with Gasteiger partial charge in [0.15, 0.2) is 0 Å². The fourth-order valence-corrected chi connectivity index (χ4v) is 4.54. The van der Waals surface area contributed by atoms with Gasteiger partial charge in [-0.25, -0.2) is 14.7 Å². The Balaban J connectivity index is 1.67. The topological polar surface area (TPSA) is 81.7 Å². The van der Waals surface area contributed by atoms with Crippen LogP contribution in [0, 0.1) is 0 Å². The van der Waals surface area contributed by atoms with Gasteiger partial charge >= 0.3 is 0 Å². The summed E-state index contributed by atoms with van der Waals surface area (Å²) in [6.07, 6.45) is 2.88. The highest BCUT2D eigenvalue weighted by Crippen LogP contribution is 2.38. The van der Waals surface area contributed by atoms with Crippen molar-refractivity contribution >= 4 is 16.0 Å². The maximum Gasteiger partial charge on any atom is 0.279 e. The monoisotopic (exact) mass is 396 g/mol. The van der Waals surface area contributed by atoms with E-state index in [4.69, 9.17) is 9.97 Å². The standard InChI is InChI=1S/C18H32N6O2S/c1-4-24(5-2)27(25,26)19-9-8-16-14-17(21-18(20-16)15-6-7-15)23-12-10-22(3)11-13-23/h14-15,19H,4-13H2,1-3H3. The van der Waals surface area contributed by atoms with Gasteiger partial charge in [-0.15, -0.1) is 0 Å². The summed E-state index contributed by atoms with van der Waals surface area (Å²) >= 11 is 0. The normalized spacial score (nSPS) is 19.0. The van der Waals surface area contributed by atoms with Crippen molar-refractivity contribution in [3.63, 3.8) is 0 Å². The van der Waals surface area contributed by atoms with Gasteiger partial charge in [0.2, 0.25) is 0 Å². The van der Waals surface area contributed by atoms with Crippen LogP contribution in [0.4, 0.5) is 5.82 Å². The van der Waals surface area contributed by atoms with Crippen molar-refractivity contribution in [3.05, 3.63) is 17.6 Å². The Bertz CT molecular complexity index is 725. The van der Waals surface area contributed by atoms with Crippen LogP contribution in [0.3, 0.4) is 0 Å². The molecule has 1 aromatic heterocycles. The number of anilines is 1. The molecular formula is C18H32N6O2S. The molecule has 1 N–H and O–H groups in total. The zero-order valence-corrected chi connectivity index (χ0v) is 17.5. The number of nitrogens with one attached hydrogen (secondary N) is 1. The van der Waals surface area contributed by atoms with Crippen LogP contribution in [0.25, 0.3) is 0 Å². The number of hydrogen-bond donors (Lipinski definition) is 1. The lowest BCUT2D eigenvalue weighted by molar-refractivity contribution is 0.312. The molecule has 2 heterocycles. The van der Waals surface area contributed by atoms with Crippen LogP contribution >= 0.6 is 0 Å². The van der Waals surface area contributed by atoms with Gasteiger partial charge in [0, 0.05) is 69.9 Å². The largest absolute Gasteiger partial charge is 0.354 e. The van der Waals surface area contributed by atoms with Crippen molar-refractivity contribution in [2.24, 2.45) is 0 Å². The van der Waals surface area contributed by atoms with Crippen molar-refractivity contribution in [1.29, 1.82) is 0 Å². The highest BCUT2D eigenvalue weighted by atomic mass is 32.2. The lowest BCUT2D eigenvalue weighted by Crippen LogP contribution is -2.45.